The van der Waals surface area contributed by atoms with Crippen LogP contribution in [-0.2, 0) is 6.54 Å². The van der Waals surface area contributed by atoms with Crippen molar-refractivity contribution in [1.82, 2.24) is 14.5 Å². The monoisotopic (exact) mass is 439 g/mol. The van der Waals surface area contributed by atoms with Crippen LogP contribution in [0.1, 0.15) is 21.7 Å². The van der Waals surface area contributed by atoms with Gasteiger partial charge in [-0.2, -0.15) is 5.26 Å². The van der Waals surface area contributed by atoms with Crippen LogP contribution < -0.4 is 10.5 Å². The molecular weight excluding hydrogens is 418 g/mol. The molecule has 0 N–H and O–H groups in total. The maximum absolute atomic E-state index is 13.4. The highest BCUT2D eigenvalue weighted by Gasteiger charge is 2.28. The van der Waals surface area contributed by atoms with Crippen molar-refractivity contribution in [2.45, 2.75) is 6.54 Å². The number of hydrogen-bond donors (Lipinski definition) is 0. The first-order valence-electron chi connectivity index (χ1n) is 10.7. The molecule has 4 heterocycles. The maximum Gasteiger partial charge on any atom is 0.289 e. The van der Waals surface area contributed by atoms with E-state index in [1.165, 1.54) is 6.26 Å². The van der Waals surface area contributed by atoms with Crippen LogP contribution in [0, 0.1) is 11.3 Å². The molecule has 0 radical (unpaired) electrons. The normalized spacial score (nSPS) is 13.8. The molecule has 8 nitrogen and oxygen atoms in total. The molecule has 1 aliphatic rings. The zero-order valence-electron chi connectivity index (χ0n) is 17.8. The SMILES string of the molecule is N#Cc1c(N2CCN(C(=O)c3ccco3)CC2)c2cccnc2n(Cc2ccccc2)c1=O. The van der Waals surface area contributed by atoms with Gasteiger partial charge in [-0.15, -0.1) is 0 Å². The topological polar surface area (TPSA) is 95.4 Å². The molecule has 3 aromatic heterocycles. The highest BCUT2D eigenvalue weighted by Crippen LogP contribution is 2.29. The Hall–Kier alpha value is -4.38. The van der Waals surface area contributed by atoms with Gasteiger partial charge in [0.1, 0.15) is 17.3 Å². The molecule has 33 heavy (non-hydrogen) atoms. The van der Waals surface area contributed by atoms with Crippen molar-refractivity contribution < 1.29 is 9.21 Å². The summed E-state index contributed by atoms with van der Waals surface area (Å²) in [4.78, 5) is 34.2. The molecule has 164 valence electrons. The van der Waals surface area contributed by atoms with Crippen molar-refractivity contribution in [3.05, 3.63) is 94.3 Å². The van der Waals surface area contributed by atoms with E-state index < -0.39 is 0 Å². The van der Waals surface area contributed by atoms with Gasteiger partial charge < -0.3 is 14.2 Å². The van der Waals surface area contributed by atoms with E-state index in [0.717, 1.165) is 10.9 Å². The number of amides is 1. The quantitative estimate of drug-likeness (QED) is 0.485. The second-order valence-electron chi connectivity index (χ2n) is 7.84. The second kappa shape index (κ2) is 8.63. The molecule has 0 saturated carbocycles. The lowest BCUT2D eigenvalue weighted by atomic mass is 10.1. The summed E-state index contributed by atoms with van der Waals surface area (Å²) in [6.45, 7) is 2.23. The van der Waals surface area contributed by atoms with Gasteiger partial charge in [-0.3, -0.25) is 14.2 Å². The number of hydrogen-bond acceptors (Lipinski definition) is 6. The molecule has 1 saturated heterocycles. The van der Waals surface area contributed by atoms with Crippen molar-refractivity contribution in [1.29, 1.82) is 5.26 Å². The van der Waals surface area contributed by atoms with Gasteiger partial charge in [0.25, 0.3) is 11.5 Å². The van der Waals surface area contributed by atoms with Gasteiger partial charge in [0.15, 0.2) is 5.76 Å². The number of nitrogens with zero attached hydrogens (tertiary/aromatic N) is 5. The first kappa shape index (κ1) is 20.5. The minimum Gasteiger partial charge on any atom is -0.459 e. The number of nitriles is 1. The second-order valence-corrected chi connectivity index (χ2v) is 7.84. The van der Waals surface area contributed by atoms with Crippen LogP contribution in [0.2, 0.25) is 0 Å². The van der Waals surface area contributed by atoms with Crippen molar-refractivity contribution >= 4 is 22.6 Å². The van der Waals surface area contributed by atoms with Crippen LogP contribution in [0.4, 0.5) is 5.69 Å². The zero-order chi connectivity index (χ0) is 22.8. The van der Waals surface area contributed by atoms with E-state index in [1.54, 1.807) is 33.9 Å². The molecule has 0 spiro atoms. The fourth-order valence-electron chi connectivity index (χ4n) is 4.30. The lowest BCUT2D eigenvalue weighted by Gasteiger charge is -2.36. The van der Waals surface area contributed by atoms with Crippen LogP contribution in [0.25, 0.3) is 11.0 Å². The third kappa shape index (κ3) is 3.74. The summed E-state index contributed by atoms with van der Waals surface area (Å²) in [5.74, 6) is 0.143. The Bertz CT molecular complexity index is 1400. The number of fused-ring (bicyclic) bond motifs is 1. The van der Waals surface area contributed by atoms with Crippen molar-refractivity contribution in [2.75, 3.05) is 31.1 Å². The molecule has 1 fully saturated rings. The fraction of sp³-hybridized carbons (Fsp3) is 0.200. The summed E-state index contributed by atoms with van der Waals surface area (Å²) >= 11 is 0. The third-order valence-electron chi connectivity index (χ3n) is 5.90. The van der Waals surface area contributed by atoms with E-state index in [1.807, 2.05) is 41.3 Å². The molecule has 4 aromatic rings. The van der Waals surface area contributed by atoms with Gasteiger partial charge in [0, 0.05) is 37.8 Å². The number of piperazine rings is 1. The van der Waals surface area contributed by atoms with E-state index in [-0.39, 0.29) is 17.0 Å². The molecule has 1 aliphatic heterocycles. The first-order valence-corrected chi connectivity index (χ1v) is 10.7. The number of furan rings is 1. The minimum atomic E-state index is -0.364. The predicted molar refractivity (Wildman–Crippen MR) is 123 cm³/mol. The molecule has 1 aromatic carbocycles. The van der Waals surface area contributed by atoms with Gasteiger partial charge >= 0.3 is 0 Å². The Morgan fingerprint density at radius 3 is 2.52 bits per heavy atom. The van der Waals surface area contributed by atoms with E-state index in [9.17, 15) is 14.9 Å². The number of carbonyl (C=O) groups is 1. The van der Waals surface area contributed by atoms with E-state index in [0.29, 0.717) is 49.8 Å². The average Bonchev–Trinajstić information content (AvgIpc) is 3.41. The first-order chi connectivity index (χ1) is 16.2. The molecule has 1 amide bonds. The summed E-state index contributed by atoms with van der Waals surface area (Å²) in [5, 5.41) is 10.7. The summed E-state index contributed by atoms with van der Waals surface area (Å²) in [6.07, 6.45) is 3.13. The van der Waals surface area contributed by atoms with Crippen LogP contribution in [0.15, 0.2) is 76.3 Å². The smallest absolute Gasteiger partial charge is 0.289 e. The lowest BCUT2D eigenvalue weighted by Crippen LogP contribution is -2.49. The van der Waals surface area contributed by atoms with Crippen LogP contribution in [-0.4, -0.2) is 46.5 Å². The van der Waals surface area contributed by atoms with Crippen molar-refractivity contribution in [2.24, 2.45) is 0 Å². The highest BCUT2D eigenvalue weighted by molar-refractivity contribution is 5.94. The van der Waals surface area contributed by atoms with Gasteiger partial charge in [-0.05, 0) is 29.8 Å². The number of rotatable bonds is 4. The molecule has 0 bridgehead atoms. The number of benzene rings is 1. The molecule has 0 unspecified atom stereocenters. The minimum absolute atomic E-state index is 0.0947. The largest absolute Gasteiger partial charge is 0.459 e. The van der Waals surface area contributed by atoms with Crippen molar-refractivity contribution in [3.63, 3.8) is 0 Å². The number of anilines is 1. The zero-order valence-corrected chi connectivity index (χ0v) is 17.8. The Labute approximate surface area is 189 Å². The maximum atomic E-state index is 13.4. The molecule has 5 rings (SSSR count). The van der Waals surface area contributed by atoms with E-state index in [2.05, 4.69) is 11.1 Å². The van der Waals surface area contributed by atoms with E-state index in [4.69, 9.17) is 4.42 Å². The van der Waals surface area contributed by atoms with Crippen molar-refractivity contribution in [3.8, 4) is 6.07 Å². The predicted octanol–water partition coefficient (Wildman–Crippen LogP) is 2.87. The van der Waals surface area contributed by atoms with Gasteiger partial charge in [-0.1, -0.05) is 30.3 Å². The van der Waals surface area contributed by atoms with Gasteiger partial charge in [0.2, 0.25) is 0 Å². The Morgan fingerprint density at radius 1 is 1.03 bits per heavy atom. The van der Waals surface area contributed by atoms with Gasteiger partial charge in [0.05, 0.1) is 18.5 Å². The molecule has 0 atom stereocenters. The van der Waals surface area contributed by atoms with Crippen LogP contribution in [0.3, 0.4) is 0 Å². The third-order valence-corrected chi connectivity index (χ3v) is 5.90. The summed E-state index contributed by atoms with van der Waals surface area (Å²) < 4.78 is 6.79. The Kier molecular flexibility index (Phi) is 5.37. The van der Waals surface area contributed by atoms with Crippen LogP contribution >= 0.6 is 0 Å². The standard InChI is InChI=1S/C25H21N5O3/c26-16-20-22(28-11-13-29(14-12-28)25(32)21-9-5-15-33-21)19-8-4-10-27-23(19)30(24(20)31)17-18-6-2-1-3-7-18/h1-10,15H,11-14,17H2. The summed E-state index contributed by atoms with van der Waals surface area (Å²) in [7, 11) is 0. The highest BCUT2D eigenvalue weighted by atomic mass is 16.3. The fourth-order valence-corrected chi connectivity index (χ4v) is 4.30. The lowest BCUT2D eigenvalue weighted by molar-refractivity contribution is 0.0715. The number of carbonyl (C=O) groups excluding carboxylic acids is 1. The van der Waals surface area contributed by atoms with Gasteiger partial charge in [-0.25, -0.2) is 4.98 Å². The average molecular weight is 439 g/mol. The molecular formula is C25H21N5O3. The number of aromatic nitrogens is 2. The molecule has 0 aliphatic carbocycles. The molecule has 8 heteroatoms. The summed E-state index contributed by atoms with van der Waals surface area (Å²) in [6, 6.07) is 18.8. The Balaban J connectivity index is 1.52. The number of pyridine rings is 2. The van der Waals surface area contributed by atoms with E-state index >= 15 is 0 Å². The summed E-state index contributed by atoms with van der Waals surface area (Å²) in [5.41, 5.74) is 1.80. The van der Waals surface area contributed by atoms with Crippen LogP contribution in [0.5, 0.6) is 0 Å². The Morgan fingerprint density at radius 2 is 1.82 bits per heavy atom.